The van der Waals surface area contributed by atoms with Gasteiger partial charge in [0.1, 0.15) is 5.82 Å². The standard InChI is InChI=1S/C20H31N5/c1-15-14-18(21-12-9-13-25(5)6)24-19(22-15)23-17-11-8-7-10-16(17)20(2,3)4/h7-8,10-11,14H,9,12-13H2,1-6H3,(H2,21,22,23,24). The molecule has 0 aliphatic carbocycles. The van der Waals surface area contributed by atoms with Gasteiger partial charge in [-0.1, -0.05) is 39.0 Å². The van der Waals surface area contributed by atoms with Crippen molar-refractivity contribution >= 4 is 17.5 Å². The van der Waals surface area contributed by atoms with Gasteiger partial charge in [-0.2, -0.15) is 4.98 Å². The van der Waals surface area contributed by atoms with Crippen LogP contribution in [0.4, 0.5) is 17.5 Å². The number of benzene rings is 1. The fourth-order valence-electron chi connectivity index (χ4n) is 2.69. The molecule has 136 valence electrons. The van der Waals surface area contributed by atoms with Gasteiger partial charge in [0, 0.05) is 24.0 Å². The summed E-state index contributed by atoms with van der Waals surface area (Å²) in [4.78, 5) is 11.3. The van der Waals surface area contributed by atoms with Crippen molar-refractivity contribution in [3.05, 3.63) is 41.6 Å². The smallest absolute Gasteiger partial charge is 0.229 e. The third-order valence-corrected chi connectivity index (χ3v) is 3.92. The van der Waals surface area contributed by atoms with E-state index in [1.54, 1.807) is 0 Å². The predicted molar refractivity (Wildman–Crippen MR) is 107 cm³/mol. The van der Waals surface area contributed by atoms with Crippen molar-refractivity contribution in [1.29, 1.82) is 0 Å². The van der Waals surface area contributed by atoms with E-state index in [0.717, 1.165) is 36.7 Å². The van der Waals surface area contributed by atoms with Gasteiger partial charge in [-0.05, 0) is 51.0 Å². The first-order chi connectivity index (χ1) is 11.8. The molecule has 0 radical (unpaired) electrons. The van der Waals surface area contributed by atoms with Crippen LogP contribution in [0.3, 0.4) is 0 Å². The van der Waals surface area contributed by atoms with Crippen LogP contribution in [0.2, 0.25) is 0 Å². The highest BCUT2D eigenvalue weighted by molar-refractivity contribution is 5.61. The van der Waals surface area contributed by atoms with Crippen LogP contribution in [0.15, 0.2) is 30.3 Å². The SMILES string of the molecule is Cc1cc(NCCCN(C)C)nc(Nc2ccccc2C(C)(C)C)n1. The summed E-state index contributed by atoms with van der Waals surface area (Å²) >= 11 is 0. The zero-order chi connectivity index (χ0) is 18.4. The Hall–Kier alpha value is -2.14. The topological polar surface area (TPSA) is 53.1 Å². The molecule has 0 saturated carbocycles. The normalized spacial score (nSPS) is 11.6. The molecule has 0 bridgehead atoms. The van der Waals surface area contributed by atoms with Crippen LogP contribution in [0, 0.1) is 6.92 Å². The molecule has 0 fully saturated rings. The predicted octanol–water partition coefficient (Wildman–Crippen LogP) is 4.19. The summed E-state index contributed by atoms with van der Waals surface area (Å²) in [6.45, 7) is 10.6. The van der Waals surface area contributed by atoms with Gasteiger partial charge in [0.15, 0.2) is 0 Å². The van der Waals surface area contributed by atoms with Crippen molar-refractivity contribution in [2.75, 3.05) is 37.8 Å². The minimum atomic E-state index is 0.0562. The lowest BCUT2D eigenvalue weighted by Crippen LogP contribution is -2.17. The van der Waals surface area contributed by atoms with Crippen molar-refractivity contribution in [3.8, 4) is 0 Å². The zero-order valence-electron chi connectivity index (χ0n) is 16.3. The molecule has 5 heteroatoms. The molecule has 25 heavy (non-hydrogen) atoms. The minimum absolute atomic E-state index is 0.0562. The summed E-state index contributed by atoms with van der Waals surface area (Å²) in [5.74, 6) is 1.49. The van der Waals surface area contributed by atoms with E-state index < -0.39 is 0 Å². The van der Waals surface area contributed by atoms with Crippen LogP contribution in [0.25, 0.3) is 0 Å². The fourth-order valence-corrected chi connectivity index (χ4v) is 2.69. The number of aromatic nitrogens is 2. The average molecular weight is 342 g/mol. The molecule has 1 heterocycles. The third-order valence-electron chi connectivity index (χ3n) is 3.92. The van der Waals surface area contributed by atoms with Crippen LogP contribution in [0.1, 0.15) is 38.4 Å². The van der Waals surface area contributed by atoms with Gasteiger partial charge in [-0.15, -0.1) is 0 Å². The highest BCUT2D eigenvalue weighted by atomic mass is 15.1. The van der Waals surface area contributed by atoms with E-state index >= 15 is 0 Å². The van der Waals surface area contributed by atoms with Gasteiger partial charge in [-0.25, -0.2) is 4.98 Å². The lowest BCUT2D eigenvalue weighted by Gasteiger charge is -2.23. The van der Waals surface area contributed by atoms with E-state index in [0.29, 0.717) is 5.95 Å². The van der Waals surface area contributed by atoms with E-state index in [1.165, 1.54) is 5.56 Å². The maximum Gasteiger partial charge on any atom is 0.229 e. The molecule has 0 aliphatic rings. The Bertz CT molecular complexity index is 689. The number of nitrogens with one attached hydrogen (secondary N) is 2. The Morgan fingerprint density at radius 3 is 2.48 bits per heavy atom. The van der Waals surface area contributed by atoms with Crippen LogP contribution in [-0.2, 0) is 5.41 Å². The van der Waals surface area contributed by atoms with Gasteiger partial charge in [0.05, 0.1) is 0 Å². The van der Waals surface area contributed by atoms with E-state index in [-0.39, 0.29) is 5.41 Å². The molecule has 1 aromatic carbocycles. The van der Waals surface area contributed by atoms with Gasteiger partial charge >= 0.3 is 0 Å². The molecule has 2 rings (SSSR count). The number of hydrogen-bond donors (Lipinski definition) is 2. The Labute approximate surface area is 151 Å². The van der Waals surface area contributed by atoms with E-state index in [2.05, 4.69) is 78.6 Å². The van der Waals surface area contributed by atoms with Crippen LogP contribution >= 0.6 is 0 Å². The molecule has 0 amide bonds. The van der Waals surface area contributed by atoms with Crippen LogP contribution < -0.4 is 10.6 Å². The van der Waals surface area contributed by atoms with Crippen molar-refractivity contribution in [1.82, 2.24) is 14.9 Å². The second kappa shape index (κ2) is 8.30. The highest BCUT2D eigenvalue weighted by Crippen LogP contribution is 2.30. The molecule has 0 unspecified atom stereocenters. The number of nitrogens with zero attached hydrogens (tertiary/aromatic N) is 3. The van der Waals surface area contributed by atoms with E-state index in [9.17, 15) is 0 Å². The Kier molecular flexibility index (Phi) is 6.37. The summed E-state index contributed by atoms with van der Waals surface area (Å²) in [7, 11) is 4.17. The lowest BCUT2D eigenvalue weighted by atomic mass is 9.86. The maximum atomic E-state index is 4.62. The average Bonchev–Trinajstić information content (AvgIpc) is 2.50. The number of aryl methyl sites for hydroxylation is 1. The Balaban J connectivity index is 2.13. The van der Waals surface area contributed by atoms with Crippen molar-refractivity contribution in [2.24, 2.45) is 0 Å². The fraction of sp³-hybridized carbons (Fsp3) is 0.500. The van der Waals surface area contributed by atoms with Gasteiger partial charge in [0.2, 0.25) is 5.95 Å². The number of hydrogen-bond acceptors (Lipinski definition) is 5. The zero-order valence-corrected chi connectivity index (χ0v) is 16.3. The molecule has 0 aliphatic heterocycles. The van der Waals surface area contributed by atoms with Crippen LogP contribution in [-0.4, -0.2) is 42.1 Å². The van der Waals surface area contributed by atoms with E-state index in [1.807, 2.05) is 19.1 Å². The monoisotopic (exact) mass is 341 g/mol. The first-order valence-corrected chi connectivity index (χ1v) is 8.86. The first-order valence-electron chi connectivity index (χ1n) is 8.86. The van der Waals surface area contributed by atoms with Crippen molar-refractivity contribution < 1.29 is 0 Å². The number of anilines is 3. The van der Waals surface area contributed by atoms with Gasteiger partial charge in [-0.3, -0.25) is 0 Å². The van der Waals surface area contributed by atoms with Gasteiger partial charge in [0.25, 0.3) is 0 Å². The van der Waals surface area contributed by atoms with Gasteiger partial charge < -0.3 is 15.5 Å². The molecule has 5 nitrogen and oxygen atoms in total. The molecular weight excluding hydrogens is 310 g/mol. The Morgan fingerprint density at radius 2 is 1.80 bits per heavy atom. The molecule has 2 aromatic rings. The number of rotatable bonds is 7. The molecule has 2 N–H and O–H groups in total. The summed E-state index contributed by atoms with van der Waals surface area (Å²) in [6, 6.07) is 10.3. The quantitative estimate of drug-likeness (QED) is 0.740. The molecule has 0 spiro atoms. The molecule has 0 atom stereocenters. The minimum Gasteiger partial charge on any atom is -0.370 e. The second-order valence-corrected chi connectivity index (χ2v) is 7.72. The maximum absolute atomic E-state index is 4.62. The van der Waals surface area contributed by atoms with Crippen molar-refractivity contribution in [3.63, 3.8) is 0 Å². The summed E-state index contributed by atoms with van der Waals surface area (Å²) in [5, 5.41) is 6.79. The summed E-state index contributed by atoms with van der Waals surface area (Å²) in [6.07, 6.45) is 1.08. The summed E-state index contributed by atoms with van der Waals surface area (Å²) < 4.78 is 0. The summed E-state index contributed by atoms with van der Waals surface area (Å²) in [5.41, 5.74) is 3.31. The van der Waals surface area contributed by atoms with Crippen LogP contribution in [0.5, 0.6) is 0 Å². The second-order valence-electron chi connectivity index (χ2n) is 7.72. The third kappa shape index (κ3) is 6.02. The highest BCUT2D eigenvalue weighted by Gasteiger charge is 2.18. The molecule has 1 aromatic heterocycles. The molecule has 0 saturated heterocycles. The Morgan fingerprint density at radius 1 is 1.08 bits per heavy atom. The molecular formula is C20H31N5. The van der Waals surface area contributed by atoms with E-state index in [4.69, 9.17) is 0 Å². The lowest BCUT2D eigenvalue weighted by molar-refractivity contribution is 0.405. The largest absolute Gasteiger partial charge is 0.370 e. The van der Waals surface area contributed by atoms with Crippen molar-refractivity contribution in [2.45, 2.75) is 39.5 Å². The first kappa shape index (κ1) is 19.2. The number of para-hydroxylation sites is 1.